The molecule has 0 saturated carbocycles. The Morgan fingerprint density at radius 1 is 1.22 bits per heavy atom. The third kappa shape index (κ3) is 2.40. The van der Waals surface area contributed by atoms with E-state index in [2.05, 4.69) is 15.5 Å². The van der Waals surface area contributed by atoms with Crippen molar-refractivity contribution in [2.24, 2.45) is 0 Å². The third-order valence-corrected chi connectivity index (χ3v) is 2.47. The zero-order chi connectivity index (χ0) is 13.0. The molecule has 0 aliphatic rings. The maximum atomic E-state index is 13.8. The molecular formula is C13H14FN3O. The number of nitrogens with zero attached hydrogens (tertiary/aromatic N) is 2. The quantitative estimate of drug-likeness (QED) is 0.902. The number of hydrogen-bond donors (Lipinski definition) is 1. The minimum Gasteiger partial charge on any atom is -0.496 e. The fourth-order valence-corrected chi connectivity index (χ4v) is 1.66. The first-order valence-electron chi connectivity index (χ1n) is 5.66. The Hall–Kier alpha value is -2.17. The fraction of sp³-hybridized carbons (Fsp3) is 0.231. The topological polar surface area (TPSA) is 47.0 Å². The lowest BCUT2D eigenvalue weighted by Crippen LogP contribution is -2.01. The average molecular weight is 247 g/mol. The second-order valence-electron chi connectivity index (χ2n) is 3.65. The second kappa shape index (κ2) is 5.44. The minimum absolute atomic E-state index is 0.329. The highest BCUT2D eigenvalue weighted by Gasteiger charge is 2.13. The molecule has 1 aromatic heterocycles. The average Bonchev–Trinajstić information content (AvgIpc) is 2.40. The molecule has 0 atom stereocenters. The van der Waals surface area contributed by atoms with E-state index in [4.69, 9.17) is 4.74 Å². The summed E-state index contributed by atoms with van der Waals surface area (Å²) in [6.45, 7) is 2.73. The van der Waals surface area contributed by atoms with Crippen LogP contribution in [0, 0.1) is 5.82 Å². The smallest absolute Gasteiger partial charge is 0.148 e. The summed E-state index contributed by atoms with van der Waals surface area (Å²) in [5.41, 5.74) is 0.780. The van der Waals surface area contributed by atoms with Crippen molar-refractivity contribution >= 4 is 5.82 Å². The summed E-state index contributed by atoms with van der Waals surface area (Å²) in [5, 5.41) is 11.0. The highest BCUT2D eigenvalue weighted by Crippen LogP contribution is 2.30. The Morgan fingerprint density at radius 2 is 2.06 bits per heavy atom. The van der Waals surface area contributed by atoms with Crippen molar-refractivity contribution < 1.29 is 9.13 Å². The van der Waals surface area contributed by atoms with E-state index in [0.29, 0.717) is 22.8 Å². The second-order valence-corrected chi connectivity index (χ2v) is 3.65. The molecule has 2 aromatic rings. The van der Waals surface area contributed by atoms with Crippen molar-refractivity contribution in [3.8, 4) is 17.0 Å². The van der Waals surface area contributed by atoms with Gasteiger partial charge in [-0.05, 0) is 31.2 Å². The molecular weight excluding hydrogens is 233 g/mol. The number of aromatic nitrogens is 2. The predicted octanol–water partition coefficient (Wildman–Crippen LogP) is 2.72. The number of benzene rings is 1. The van der Waals surface area contributed by atoms with Crippen LogP contribution in [-0.4, -0.2) is 23.9 Å². The van der Waals surface area contributed by atoms with Crippen molar-refractivity contribution in [2.45, 2.75) is 6.92 Å². The SMILES string of the molecule is CCNc1ccc(-c2c(F)cccc2OC)nn1. The van der Waals surface area contributed by atoms with Crippen LogP contribution in [0.2, 0.25) is 0 Å². The maximum Gasteiger partial charge on any atom is 0.148 e. The van der Waals surface area contributed by atoms with E-state index in [1.807, 2.05) is 6.92 Å². The summed E-state index contributed by atoms with van der Waals surface area (Å²) in [5.74, 6) is 0.733. The molecule has 2 rings (SSSR count). The van der Waals surface area contributed by atoms with E-state index in [1.54, 1.807) is 24.3 Å². The van der Waals surface area contributed by atoms with Crippen LogP contribution in [0.3, 0.4) is 0 Å². The van der Waals surface area contributed by atoms with Gasteiger partial charge in [0.05, 0.1) is 18.4 Å². The van der Waals surface area contributed by atoms with Gasteiger partial charge in [-0.1, -0.05) is 6.07 Å². The van der Waals surface area contributed by atoms with Crippen LogP contribution in [0.4, 0.5) is 10.2 Å². The van der Waals surface area contributed by atoms with Gasteiger partial charge in [-0.3, -0.25) is 0 Å². The molecule has 0 saturated heterocycles. The van der Waals surface area contributed by atoms with Gasteiger partial charge in [-0.15, -0.1) is 10.2 Å². The summed E-state index contributed by atoms with van der Waals surface area (Å²) < 4.78 is 18.9. The molecule has 0 spiro atoms. The molecule has 4 nitrogen and oxygen atoms in total. The van der Waals surface area contributed by atoms with Crippen molar-refractivity contribution in [2.75, 3.05) is 19.0 Å². The summed E-state index contributed by atoms with van der Waals surface area (Å²) in [6, 6.07) is 8.14. The largest absolute Gasteiger partial charge is 0.496 e. The molecule has 0 aliphatic carbocycles. The van der Waals surface area contributed by atoms with E-state index in [9.17, 15) is 4.39 Å². The molecule has 18 heavy (non-hydrogen) atoms. The van der Waals surface area contributed by atoms with Crippen LogP contribution in [0.25, 0.3) is 11.3 Å². The lowest BCUT2D eigenvalue weighted by Gasteiger charge is -2.08. The Bertz CT molecular complexity index is 528. The van der Waals surface area contributed by atoms with E-state index in [1.165, 1.54) is 13.2 Å². The van der Waals surface area contributed by atoms with Crippen LogP contribution in [0.5, 0.6) is 5.75 Å². The van der Waals surface area contributed by atoms with Gasteiger partial charge >= 0.3 is 0 Å². The van der Waals surface area contributed by atoms with E-state index < -0.39 is 0 Å². The van der Waals surface area contributed by atoms with E-state index in [0.717, 1.165) is 6.54 Å². The van der Waals surface area contributed by atoms with Crippen LogP contribution < -0.4 is 10.1 Å². The number of anilines is 1. The zero-order valence-corrected chi connectivity index (χ0v) is 10.3. The minimum atomic E-state index is -0.375. The standard InChI is InChI=1S/C13H14FN3O/c1-3-15-12-8-7-10(16-17-12)13-9(14)5-4-6-11(13)18-2/h4-8H,3H2,1-2H3,(H,15,17). The van der Waals surface area contributed by atoms with Gasteiger partial charge in [0.15, 0.2) is 0 Å². The van der Waals surface area contributed by atoms with Crippen LogP contribution in [0.1, 0.15) is 6.92 Å². The first kappa shape index (κ1) is 12.3. The molecule has 0 bridgehead atoms. The zero-order valence-electron chi connectivity index (χ0n) is 10.3. The monoisotopic (exact) mass is 247 g/mol. The lowest BCUT2D eigenvalue weighted by molar-refractivity contribution is 0.413. The Kier molecular flexibility index (Phi) is 3.72. The summed E-state index contributed by atoms with van der Waals surface area (Å²) in [6.07, 6.45) is 0. The first-order chi connectivity index (χ1) is 8.76. The molecule has 0 radical (unpaired) electrons. The Balaban J connectivity index is 2.42. The van der Waals surface area contributed by atoms with E-state index >= 15 is 0 Å². The van der Waals surface area contributed by atoms with Crippen molar-refractivity contribution in [3.63, 3.8) is 0 Å². The summed E-state index contributed by atoms with van der Waals surface area (Å²) >= 11 is 0. The summed E-state index contributed by atoms with van der Waals surface area (Å²) in [4.78, 5) is 0. The van der Waals surface area contributed by atoms with Crippen LogP contribution in [-0.2, 0) is 0 Å². The highest BCUT2D eigenvalue weighted by atomic mass is 19.1. The van der Waals surface area contributed by atoms with Gasteiger partial charge in [0.25, 0.3) is 0 Å². The van der Waals surface area contributed by atoms with Crippen molar-refractivity contribution in [3.05, 3.63) is 36.1 Å². The molecule has 0 amide bonds. The number of rotatable bonds is 4. The number of halogens is 1. The normalized spacial score (nSPS) is 10.2. The fourth-order valence-electron chi connectivity index (χ4n) is 1.66. The summed E-state index contributed by atoms with van der Waals surface area (Å²) in [7, 11) is 1.50. The van der Waals surface area contributed by atoms with Gasteiger partial charge in [0.2, 0.25) is 0 Å². The van der Waals surface area contributed by atoms with Crippen LogP contribution in [0.15, 0.2) is 30.3 Å². The van der Waals surface area contributed by atoms with Gasteiger partial charge in [0.1, 0.15) is 17.4 Å². The Labute approximate surface area is 105 Å². The number of hydrogen-bond acceptors (Lipinski definition) is 4. The van der Waals surface area contributed by atoms with Gasteiger partial charge in [-0.2, -0.15) is 0 Å². The van der Waals surface area contributed by atoms with Crippen molar-refractivity contribution in [1.82, 2.24) is 10.2 Å². The molecule has 1 N–H and O–H groups in total. The third-order valence-electron chi connectivity index (χ3n) is 2.47. The first-order valence-corrected chi connectivity index (χ1v) is 5.66. The molecule has 94 valence electrons. The Morgan fingerprint density at radius 3 is 2.67 bits per heavy atom. The molecule has 5 heteroatoms. The van der Waals surface area contributed by atoms with Crippen molar-refractivity contribution in [1.29, 1.82) is 0 Å². The highest BCUT2D eigenvalue weighted by molar-refractivity contribution is 5.68. The maximum absolute atomic E-state index is 13.8. The molecule has 0 aliphatic heterocycles. The van der Waals surface area contributed by atoms with Gasteiger partial charge < -0.3 is 10.1 Å². The van der Waals surface area contributed by atoms with Crippen LogP contribution >= 0.6 is 0 Å². The molecule has 0 unspecified atom stereocenters. The number of methoxy groups -OCH3 is 1. The molecule has 1 aromatic carbocycles. The molecule has 1 heterocycles. The van der Waals surface area contributed by atoms with Gasteiger partial charge in [-0.25, -0.2) is 4.39 Å². The lowest BCUT2D eigenvalue weighted by atomic mass is 10.1. The number of ether oxygens (including phenoxy) is 1. The van der Waals surface area contributed by atoms with E-state index in [-0.39, 0.29) is 5.82 Å². The predicted molar refractivity (Wildman–Crippen MR) is 68.1 cm³/mol. The van der Waals surface area contributed by atoms with Gasteiger partial charge in [0, 0.05) is 6.54 Å². The molecule has 0 fully saturated rings. The number of nitrogens with one attached hydrogen (secondary N) is 1.